The number of aromatic nitrogens is 2. The number of nitrogens with zero attached hydrogens (tertiary/aromatic N) is 3. The van der Waals surface area contributed by atoms with Crippen molar-refractivity contribution in [2.45, 2.75) is 31.6 Å². The van der Waals surface area contributed by atoms with Crippen LogP contribution in [0.2, 0.25) is 0 Å². The number of rotatable bonds is 6. The second-order valence-corrected chi connectivity index (χ2v) is 10.5. The Labute approximate surface area is 214 Å². The van der Waals surface area contributed by atoms with Crippen molar-refractivity contribution in [1.29, 1.82) is 0 Å². The van der Waals surface area contributed by atoms with Crippen molar-refractivity contribution in [1.82, 2.24) is 9.97 Å². The normalized spacial score (nSPS) is 15.6. The summed E-state index contributed by atoms with van der Waals surface area (Å²) in [6.45, 7) is -0.244. The predicted octanol–water partition coefficient (Wildman–Crippen LogP) is 5.80. The van der Waals surface area contributed by atoms with Crippen molar-refractivity contribution in [3.05, 3.63) is 53.4 Å². The number of alkyl halides is 2. The third-order valence-electron chi connectivity index (χ3n) is 6.25. The molecule has 1 aliphatic rings. The molecule has 0 bridgehead atoms. The first-order chi connectivity index (χ1) is 17.3. The maximum Gasteiger partial charge on any atom is 0.248 e. The van der Waals surface area contributed by atoms with Gasteiger partial charge in [-0.25, -0.2) is 18.7 Å². The highest BCUT2D eigenvalue weighted by Crippen LogP contribution is 2.37. The van der Waals surface area contributed by atoms with Crippen molar-refractivity contribution in [2.75, 3.05) is 22.5 Å². The van der Waals surface area contributed by atoms with Crippen LogP contribution < -0.4 is 16.0 Å². The molecule has 2 amide bonds. The Kier molecular flexibility index (Phi) is 6.67. The topological polar surface area (TPSA) is 101 Å². The highest BCUT2D eigenvalue weighted by Gasteiger charge is 2.39. The Morgan fingerprint density at radius 1 is 1.11 bits per heavy atom. The molecule has 4 aromatic rings. The summed E-state index contributed by atoms with van der Waals surface area (Å²) in [7, 11) is 0. The molecule has 186 valence electrons. The molecule has 0 unspecified atom stereocenters. The molecule has 0 radical (unpaired) electrons. The van der Waals surface area contributed by atoms with Crippen molar-refractivity contribution in [3.63, 3.8) is 0 Å². The van der Waals surface area contributed by atoms with Crippen LogP contribution in [0.15, 0.2) is 53.4 Å². The van der Waals surface area contributed by atoms with Crippen LogP contribution in [-0.4, -0.2) is 34.2 Å². The summed E-state index contributed by atoms with van der Waals surface area (Å²) in [4.78, 5) is 36.4. The summed E-state index contributed by atoms with van der Waals surface area (Å²) in [5.41, 5.74) is 10.8. The number of hydrogen-bond donors (Lipinski definition) is 2. The van der Waals surface area contributed by atoms with Gasteiger partial charge in [-0.15, -0.1) is 22.7 Å². The number of halogens is 2. The Bertz CT molecular complexity index is 1390. The van der Waals surface area contributed by atoms with E-state index in [2.05, 4.69) is 15.3 Å². The first kappa shape index (κ1) is 24.3. The molecule has 36 heavy (non-hydrogen) atoms. The number of nitrogen functional groups attached to an aromatic ring is 1. The van der Waals surface area contributed by atoms with Crippen LogP contribution in [0.25, 0.3) is 21.5 Å². The van der Waals surface area contributed by atoms with Gasteiger partial charge in [0.2, 0.25) is 17.7 Å². The lowest BCUT2D eigenvalue weighted by Gasteiger charge is -2.32. The van der Waals surface area contributed by atoms with E-state index in [0.717, 1.165) is 16.0 Å². The number of fused-ring (bicyclic) bond motifs is 1. The number of thiazole rings is 2. The van der Waals surface area contributed by atoms with E-state index in [4.69, 9.17) is 5.73 Å². The van der Waals surface area contributed by atoms with Crippen LogP contribution in [0.1, 0.15) is 25.7 Å². The van der Waals surface area contributed by atoms with Crippen molar-refractivity contribution < 1.29 is 18.4 Å². The first-order valence-corrected chi connectivity index (χ1v) is 13.2. The number of nitrogens with two attached hydrogens (primary N) is 1. The van der Waals surface area contributed by atoms with Gasteiger partial charge in [0.15, 0.2) is 5.13 Å². The molecule has 2 aromatic heterocycles. The molecular formula is C25H23F2N5O2S2. The minimum atomic E-state index is -2.74. The molecule has 1 fully saturated rings. The van der Waals surface area contributed by atoms with Crippen LogP contribution in [0.3, 0.4) is 0 Å². The van der Waals surface area contributed by atoms with Gasteiger partial charge in [0, 0.05) is 41.1 Å². The van der Waals surface area contributed by atoms with Gasteiger partial charge in [0.1, 0.15) is 6.54 Å². The predicted molar refractivity (Wildman–Crippen MR) is 139 cm³/mol. The maximum atomic E-state index is 13.7. The summed E-state index contributed by atoms with van der Waals surface area (Å²) in [6.07, 6.45) is -0.478. The third kappa shape index (κ3) is 5.36. The van der Waals surface area contributed by atoms with Crippen LogP contribution >= 0.6 is 22.7 Å². The van der Waals surface area contributed by atoms with Gasteiger partial charge in [-0.2, -0.15) is 0 Å². The fourth-order valence-corrected chi connectivity index (χ4v) is 5.54. The Hall–Kier alpha value is -3.44. The quantitative estimate of drug-likeness (QED) is 0.330. The Balaban J connectivity index is 1.33. The zero-order valence-electron chi connectivity index (χ0n) is 19.1. The van der Waals surface area contributed by atoms with Gasteiger partial charge in [-0.3, -0.25) is 9.59 Å². The van der Waals surface area contributed by atoms with Gasteiger partial charge < -0.3 is 16.0 Å². The summed E-state index contributed by atoms with van der Waals surface area (Å²) in [5.74, 6) is -4.02. The van der Waals surface area contributed by atoms with E-state index in [1.54, 1.807) is 29.8 Å². The van der Waals surface area contributed by atoms with E-state index in [1.165, 1.54) is 27.6 Å². The average molecular weight is 528 g/mol. The average Bonchev–Trinajstić information content (AvgIpc) is 3.51. The van der Waals surface area contributed by atoms with Gasteiger partial charge >= 0.3 is 0 Å². The Morgan fingerprint density at radius 3 is 2.56 bits per heavy atom. The minimum absolute atomic E-state index is 0.0888. The molecule has 3 N–H and O–H groups in total. The van der Waals surface area contributed by atoms with E-state index in [-0.39, 0.29) is 38.1 Å². The fourth-order valence-electron chi connectivity index (χ4n) is 4.31. The molecule has 0 saturated heterocycles. The molecule has 2 aromatic carbocycles. The molecule has 0 aliphatic heterocycles. The lowest BCUT2D eigenvalue weighted by molar-refractivity contribution is -0.128. The molecule has 1 saturated carbocycles. The summed E-state index contributed by atoms with van der Waals surface area (Å²) in [6, 6.07) is 12.5. The smallest absolute Gasteiger partial charge is 0.248 e. The van der Waals surface area contributed by atoms with Gasteiger partial charge in [-0.05, 0) is 43.2 Å². The minimum Gasteiger partial charge on any atom is -0.375 e. The number of benzene rings is 2. The van der Waals surface area contributed by atoms with E-state index < -0.39 is 17.7 Å². The second-order valence-electron chi connectivity index (χ2n) is 8.76. The van der Waals surface area contributed by atoms with Crippen LogP contribution in [0, 0.1) is 5.92 Å². The lowest BCUT2D eigenvalue weighted by atomic mass is 9.85. The van der Waals surface area contributed by atoms with Gasteiger partial charge in [0.25, 0.3) is 0 Å². The van der Waals surface area contributed by atoms with E-state index in [9.17, 15) is 18.4 Å². The zero-order valence-corrected chi connectivity index (χ0v) is 20.7. The maximum absolute atomic E-state index is 13.7. The highest BCUT2D eigenvalue weighted by atomic mass is 32.1. The summed E-state index contributed by atoms with van der Waals surface area (Å²) >= 11 is 2.82. The summed E-state index contributed by atoms with van der Waals surface area (Å²) in [5, 5.41) is 5.15. The first-order valence-electron chi connectivity index (χ1n) is 11.4. The number of amides is 2. The largest absolute Gasteiger partial charge is 0.375 e. The zero-order chi connectivity index (χ0) is 25.3. The van der Waals surface area contributed by atoms with E-state index >= 15 is 0 Å². The van der Waals surface area contributed by atoms with Crippen LogP contribution in [0.5, 0.6) is 0 Å². The molecule has 7 nitrogen and oxygen atoms in total. The highest BCUT2D eigenvalue weighted by molar-refractivity contribution is 7.16. The number of carbonyl (C=O) groups is 2. The van der Waals surface area contributed by atoms with E-state index in [1.807, 2.05) is 23.6 Å². The second kappa shape index (κ2) is 9.90. The molecule has 2 heterocycles. The third-order valence-corrected chi connectivity index (χ3v) is 7.73. The van der Waals surface area contributed by atoms with Gasteiger partial charge in [-0.1, -0.05) is 12.1 Å². The van der Waals surface area contributed by atoms with Crippen LogP contribution in [0.4, 0.5) is 25.3 Å². The molecule has 5 rings (SSSR count). The number of nitrogens with one attached hydrogen (secondary N) is 1. The number of carbonyl (C=O) groups excluding carboxylic acids is 2. The fraction of sp³-hybridized carbons (Fsp3) is 0.280. The molecule has 0 atom stereocenters. The molecule has 0 spiro atoms. The summed E-state index contributed by atoms with van der Waals surface area (Å²) < 4.78 is 28.3. The lowest BCUT2D eigenvalue weighted by Crippen LogP contribution is -2.43. The standard InChI is InChI=1S/C25H23F2N5O2S2/c26-25(27)9-7-16(8-10-25)23(34)32(18-5-6-21-19(11-18)29-14-36-21)12-22(33)30-17-3-1-15(2-4-17)20-13-35-24(28)31-20/h1-6,11,13-14,16H,7-10,12H2,(H2,28,31)(H,30,33). The number of anilines is 3. The van der Waals surface area contributed by atoms with Crippen molar-refractivity contribution >= 4 is 61.2 Å². The Morgan fingerprint density at radius 2 is 1.86 bits per heavy atom. The monoisotopic (exact) mass is 527 g/mol. The van der Waals surface area contributed by atoms with E-state index in [0.29, 0.717) is 22.0 Å². The number of hydrogen-bond acceptors (Lipinski definition) is 7. The van der Waals surface area contributed by atoms with Gasteiger partial charge in [0.05, 0.1) is 21.4 Å². The van der Waals surface area contributed by atoms with Crippen molar-refractivity contribution in [2.24, 2.45) is 5.92 Å². The SMILES string of the molecule is Nc1nc(-c2ccc(NC(=O)CN(C(=O)C3CCC(F)(F)CC3)c3ccc4scnc4c3)cc2)cs1. The molecule has 11 heteroatoms. The molecule has 1 aliphatic carbocycles. The van der Waals surface area contributed by atoms with Crippen LogP contribution in [-0.2, 0) is 9.59 Å². The van der Waals surface area contributed by atoms with Crippen molar-refractivity contribution in [3.8, 4) is 11.3 Å². The molecular weight excluding hydrogens is 504 g/mol.